The van der Waals surface area contributed by atoms with Crippen molar-refractivity contribution in [3.63, 3.8) is 0 Å². The molecule has 0 fully saturated rings. The van der Waals surface area contributed by atoms with Crippen LogP contribution in [0.25, 0.3) is 0 Å². The third-order valence-electron chi connectivity index (χ3n) is 4.31. The van der Waals surface area contributed by atoms with E-state index in [2.05, 4.69) is 10.6 Å². The van der Waals surface area contributed by atoms with E-state index in [-0.39, 0.29) is 13.0 Å². The van der Waals surface area contributed by atoms with Gasteiger partial charge >= 0.3 is 12.1 Å². The molecule has 9 nitrogen and oxygen atoms in total. The average Bonchev–Trinajstić information content (AvgIpc) is 2.77. The molecule has 0 saturated carbocycles. The van der Waals surface area contributed by atoms with Gasteiger partial charge in [0.2, 0.25) is 11.8 Å². The molecule has 0 aliphatic heterocycles. The molecule has 0 aromatic heterocycles. The van der Waals surface area contributed by atoms with Crippen LogP contribution in [0.3, 0.4) is 0 Å². The molecule has 0 bridgehead atoms. The minimum Gasteiger partial charge on any atom is -0.467 e. The number of rotatable bonds is 10. The summed E-state index contributed by atoms with van der Waals surface area (Å²) in [6, 6.07) is 15.6. The number of esters is 1. The van der Waals surface area contributed by atoms with Crippen molar-refractivity contribution in [3.05, 3.63) is 71.8 Å². The smallest absolute Gasteiger partial charge is 0.408 e. The van der Waals surface area contributed by atoms with Crippen molar-refractivity contribution in [2.45, 2.75) is 31.5 Å². The van der Waals surface area contributed by atoms with Gasteiger partial charge in [-0.2, -0.15) is 0 Å². The number of hydrogen-bond donors (Lipinski definition) is 3. The van der Waals surface area contributed by atoms with Gasteiger partial charge in [0, 0.05) is 6.42 Å². The molecule has 0 unspecified atom stereocenters. The molecule has 2 aromatic rings. The molecule has 0 aliphatic carbocycles. The SMILES string of the molecule is COC(=O)[C@@H](Cc1ccccc1)NC(=O)[C@H](CC(N)=O)NC(=O)OCc1ccccc1. The number of carbonyl (C=O) groups excluding carboxylic acids is 4. The number of ether oxygens (including phenoxy) is 2. The summed E-state index contributed by atoms with van der Waals surface area (Å²) in [5.41, 5.74) is 6.75. The Morgan fingerprint density at radius 3 is 2.00 bits per heavy atom. The summed E-state index contributed by atoms with van der Waals surface area (Å²) in [5, 5.41) is 4.83. The highest BCUT2D eigenvalue weighted by Gasteiger charge is 2.29. The number of nitrogens with two attached hydrogens (primary N) is 1. The van der Waals surface area contributed by atoms with Crippen LogP contribution < -0.4 is 16.4 Å². The number of carbonyl (C=O) groups is 4. The van der Waals surface area contributed by atoms with E-state index in [4.69, 9.17) is 15.2 Å². The zero-order chi connectivity index (χ0) is 22.6. The Labute approximate surface area is 179 Å². The normalized spacial score (nSPS) is 12.2. The summed E-state index contributed by atoms with van der Waals surface area (Å²) in [4.78, 5) is 48.4. The van der Waals surface area contributed by atoms with Crippen LogP contribution in [0.2, 0.25) is 0 Å². The predicted molar refractivity (Wildman–Crippen MR) is 111 cm³/mol. The van der Waals surface area contributed by atoms with Crippen LogP contribution in [0, 0.1) is 0 Å². The molecule has 0 radical (unpaired) electrons. The molecule has 4 N–H and O–H groups in total. The molecule has 164 valence electrons. The number of benzene rings is 2. The van der Waals surface area contributed by atoms with Crippen molar-refractivity contribution >= 4 is 23.9 Å². The van der Waals surface area contributed by atoms with E-state index in [0.29, 0.717) is 0 Å². The Bertz CT molecular complexity index is 889. The first-order valence-electron chi connectivity index (χ1n) is 9.56. The summed E-state index contributed by atoms with van der Waals surface area (Å²) in [6.07, 6.45) is -1.20. The number of methoxy groups -OCH3 is 1. The average molecular weight is 427 g/mol. The van der Waals surface area contributed by atoms with E-state index in [1.165, 1.54) is 7.11 Å². The first kappa shape index (κ1) is 23.4. The van der Waals surface area contributed by atoms with Crippen molar-refractivity contribution < 1.29 is 28.7 Å². The molecule has 0 spiro atoms. The van der Waals surface area contributed by atoms with Crippen LogP contribution >= 0.6 is 0 Å². The van der Waals surface area contributed by atoms with Gasteiger partial charge in [-0.05, 0) is 11.1 Å². The first-order valence-corrected chi connectivity index (χ1v) is 9.56. The Morgan fingerprint density at radius 1 is 0.871 bits per heavy atom. The zero-order valence-corrected chi connectivity index (χ0v) is 17.1. The molecule has 2 rings (SSSR count). The second-order valence-electron chi connectivity index (χ2n) is 6.70. The van der Waals surface area contributed by atoms with Crippen LogP contribution in [0.15, 0.2) is 60.7 Å². The summed E-state index contributed by atoms with van der Waals surface area (Å²) >= 11 is 0. The number of alkyl carbamates (subject to hydrolysis) is 1. The molecule has 31 heavy (non-hydrogen) atoms. The fourth-order valence-corrected chi connectivity index (χ4v) is 2.78. The maximum atomic E-state index is 12.7. The van der Waals surface area contributed by atoms with Crippen molar-refractivity contribution in [2.75, 3.05) is 7.11 Å². The lowest BCUT2D eigenvalue weighted by Crippen LogP contribution is -2.53. The van der Waals surface area contributed by atoms with Crippen LogP contribution in [-0.2, 0) is 36.9 Å². The van der Waals surface area contributed by atoms with Crippen molar-refractivity contribution in [1.82, 2.24) is 10.6 Å². The predicted octanol–water partition coefficient (Wildman–Crippen LogP) is 1.06. The van der Waals surface area contributed by atoms with Gasteiger partial charge in [0.25, 0.3) is 0 Å². The maximum absolute atomic E-state index is 12.7. The van der Waals surface area contributed by atoms with Crippen LogP contribution in [-0.4, -0.2) is 43.1 Å². The minimum atomic E-state index is -1.32. The second kappa shape index (κ2) is 12.0. The van der Waals surface area contributed by atoms with Gasteiger partial charge in [-0.15, -0.1) is 0 Å². The van der Waals surface area contributed by atoms with E-state index < -0.39 is 42.4 Å². The van der Waals surface area contributed by atoms with E-state index >= 15 is 0 Å². The third-order valence-corrected chi connectivity index (χ3v) is 4.31. The summed E-state index contributed by atoms with van der Waals surface area (Å²) in [7, 11) is 1.20. The first-order chi connectivity index (χ1) is 14.9. The highest BCUT2D eigenvalue weighted by molar-refractivity contribution is 5.93. The van der Waals surface area contributed by atoms with Gasteiger partial charge in [0.1, 0.15) is 18.7 Å². The molecule has 2 atom stereocenters. The lowest BCUT2D eigenvalue weighted by atomic mass is 10.1. The number of nitrogens with one attached hydrogen (secondary N) is 2. The number of amides is 3. The van der Waals surface area contributed by atoms with Gasteiger partial charge in [-0.25, -0.2) is 9.59 Å². The highest BCUT2D eigenvalue weighted by Crippen LogP contribution is 2.06. The molecular weight excluding hydrogens is 402 g/mol. The largest absolute Gasteiger partial charge is 0.467 e. The van der Waals surface area contributed by atoms with Crippen molar-refractivity contribution in [2.24, 2.45) is 5.73 Å². The topological polar surface area (TPSA) is 137 Å². The van der Waals surface area contributed by atoms with Crippen molar-refractivity contribution in [1.29, 1.82) is 0 Å². The quantitative estimate of drug-likeness (QED) is 0.485. The Kier molecular flexibility index (Phi) is 9.03. The molecule has 3 amide bonds. The van der Waals surface area contributed by atoms with Gasteiger partial charge in [0.15, 0.2) is 0 Å². The molecule has 2 aromatic carbocycles. The highest BCUT2D eigenvalue weighted by atomic mass is 16.5. The molecule has 0 aliphatic rings. The maximum Gasteiger partial charge on any atom is 0.408 e. The summed E-state index contributed by atoms with van der Waals surface area (Å²) < 4.78 is 9.84. The number of hydrogen-bond acceptors (Lipinski definition) is 6. The third kappa shape index (κ3) is 8.17. The van der Waals surface area contributed by atoms with Crippen molar-refractivity contribution in [3.8, 4) is 0 Å². The summed E-state index contributed by atoms with van der Waals surface area (Å²) in [6.45, 7) is -0.0175. The standard InChI is InChI=1S/C22H25N3O6/c1-30-21(28)18(12-15-8-4-2-5-9-15)24-20(27)17(13-19(23)26)25-22(29)31-14-16-10-6-3-7-11-16/h2-11,17-18H,12-14H2,1H3,(H2,23,26)(H,24,27)(H,25,29)/t17-,18+/m0/s1. The number of primary amides is 1. The van der Waals surface area contributed by atoms with E-state index in [0.717, 1.165) is 11.1 Å². The van der Waals surface area contributed by atoms with E-state index in [9.17, 15) is 19.2 Å². The van der Waals surface area contributed by atoms with Crippen LogP contribution in [0.1, 0.15) is 17.5 Å². The fourth-order valence-electron chi connectivity index (χ4n) is 2.78. The monoisotopic (exact) mass is 427 g/mol. The fraction of sp³-hybridized carbons (Fsp3) is 0.273. The lowest BCUT2D eigenvalue weighted by Gasteiger charge is -2.21. The molecule has 0 heterocycles. The second-order valence-corrected chi connectivity index (χ2v) is 6.70. The van der Waals surface area contributed by atoms with Crippen LogP contribution in [0.4, 0.5) is 4.79 Å². The molecule has 0 saturated heterocycles. The minimum absolute atomic E-state index is 0.0175. The zero-order valence-electron chi connectivity index (χ0n) is 17.1. The van der Waals surface area contributed by atoms with Gasteiger partial charge < -0.3 is 25.8 Å². The molecular formula is C22H25N3O6. The van der Waals surface area contributed by atoms with Crippen LogP contribution in [0.5, 0.6) is 0 Å². The van der Waals surface area contributed by atoms with E-state index in [1.807, 2.05) is 12.1 Å². The molecule has 9 heteroatoms. The Morgan fingerprint density at radius 2 is 1.45 bits per heavy atom. The van der Waals surface area contributed by atoms with E-state index in [1.54, 1.807) is 48.5 Å². The Hall–Kier alpha value is -3.88. The van der Waals surface area contributed by atoms with Gasteiger partial charge in [-0.3, -0.25) is 9.59 Å². The summed E-state index contributed by atoms with van der Waals surface area (Å²) in [5.74, 6) is -2.23. The van der Waals surface area contributed by atoms with Gasteiger partial charge in [-0.1, -0.05) is 60.7 Å². The van der Waals surface area contributed by atoms with Gasteiger partial charge in [0.05, 0.1) is 13.5 Å². The lowest BCUT2D eigenvalue weighted by molar-refractivity contribution is -0.145. The Balaban J connectivity index is 2.02.